The van der Waals surface area contributed by atoms with E-state index >= 15 is 0 Å². The molecule has 0 bridgehead atoms. The van der Waals surface area contributed by atoms with E-state index in [9.17, 15) is 5.11 Å². The molecule has 0 amide bonds. The molecule has 2 N–H and O–H groups in total. The van der Waals surface area contributed by atoms with E-state index in [1.807, 2.05) is 67.6 Å². The summed E-state index contributed by atoms with van der Waals surface area (Å²) in [5.74, 6) is 0. The lowest BCUT2D eigenvalue weighted by Gasteiger charge is -2.28. The molecule has 3 heteroatoms. The van der Waals surface area contributed by atoms with Gasteiger partial charge in [-0.3, -0.25) is 0 Å². The van der Waals surface area contributed by atoms with Crippen molar-refractivity contribution < 1.29 is 5.11 Å². The van der Waals surface area contributed by atoms with Crippen molar-refractivity contribution in [2.75, 3.05) is 0 Å². The number of aliphatic hydroxyl groups is 1. The van der Waals surface area contributed by atoms with Crippen LogP contribution in [0.5, 0.6) is 0 Å². The van der Waals surface area contributed by atoms with E-state index < -0.39 is 5.60 Å². The summed E-state index contributed by atoms with van der Waals surface area (Å²) in [6.45, 7) is 1.92. The van der Waals surface area contributed by atoms with E-state index in [4.69, 9.17) is 0 Å². The molecule has 0 radical (unpaired) electrons. The van der Waals surface area contributed by atoms with Crippen molar-refractivity contribution in [3.63, 3.8) is 0 Å². The number of aromatic nitrogens is 2. The van der Waals surface area contributed by atoms with Gasteiger partial charge in [0.1, 0.15) is 5.69 Å². The Hall–Kier alpha value is -2.39. The highest BCUT2D eigenvalue weighted by Gasteiger charge is 2.36. The molecule has 0 aliphatic carbocycles. The van der Waals surface area contributed by atoms with Gasteiger partial charge >= 0.3 is 0 Å². The van der Waals surface area contributed by atoms with Gasteiger partial charge in [0.2, 0.25) is 0 Å². The molecule has 3 aromatic rings. The smallest absolute Gasteiger partial charge is 0.159 e. The van der Waals surface area contributed by atoms with E-state index in [1.165, 1.54) is 0 Å². The molecule has 100 valence electrons. The zero-order valence-electron chi connectivity index (χ0n) is 11.2. The van der Waals surface area contributed by atoms with Crippen LogP contribution in [-0.2, 0) is 5.60 Å². The number of nitrogens with zero attached hydrogens (tertiary/aromatic N) is 1. The van der Waals surface area contributed by atoms with Crippen LogP contribution in [0.4, 0.5) is 0 Å². The van der Waals surface area contributed by atoms with E-state index in [1.54, 1.807) is 6.33 Å². The maximum atomic E-state index is 11.4. The lowest BCUT2D eigenvalue weighted by molar-refractivity contribution is 0.120. The third-order valence-corrected chi connectivity index (χ3v) is 3.56. The van der Waals surface area contributed by atoms with Crippen molar-refractivity contribution in [1.29, 1.82) is 0 Å². The molecule has 0 saturated heterocycles. The first-order chi connectivity index (χ1) is 9.73. The monoisotopic (exact) mass is 264 g/mol. The number of aromatic amines is 1. The van der Waals surface area contributed by atoms with Crippen LogP contribution in [-0.4, -0.2) is 15.1 Å². The van der Waals surface area contributed by atoms with Crippen LogP contribution >= 0.6 is 0 Å². The van der Waals surface area contributed by atoms with E-state index in [0.29, 0.717) is 5.69 Å². The summed E-state index contributed by atoms with van der Waals surface area (Å²) in [5.41, 5.74) is 1.87. The highest BCUT2D eigenvalue weighted by molar-refractivity contribution is 5.45. The number of benzene rings is 2. The van der Waals surface area contributed by atoms with Crippen LogP contribution in [0.25, 0.3) is 0 Å². The van der Waals surface area contributed by atoms with Gasteiger partial charge in [0.25, 0.3) is 0 Å². The Bertz CT molecular complexity index is 650. The maximum Gasteiger partial charge on any atom is 0.159 e. The third kappa shape index (κ3) is 1.92. The van der Waals surface area contributed by atoms with Crippen LogP contribution in [0.15, 0.2) is 67.0 Å². The Labute approximate surface area is 117 Å². The lowest BCUT2D eigenvalue weighted by Crippen LogP contribution is -2.30. The summed E-state index contributed by atoms with van der Waals surface area (Å²) in [6, 6.07) is 19.2. The number of imidazole rings is 1. The van der Waals surface area contributed by atoms with Gasteiger partial charge in [-0.1, -0.05) is 60.7 Å². The minimum absolute atomic E-state index is 0.634. The molecule has 0 saturated carbocycles. The van der Waals surface area contributed by atoms with Crippen LogP contribution in [0.3, 0.4) is 0 Å². The van der Waals surface area contributed by atoms with Gasteiger partial charge in [-0.2, -0.15) is 0 Å². The third-order valence-electron chi connectivity index (χ3n) is 3.56. The molecule has 20 heavy (non-hydrogen) atoms. The first kappa shape index (κ1) is 12.6. The second-order valence-electron chi connectivity index (χ2n) is 4.82. The molecule has 0 spiro atoms. The first-order valence-electron chi connectivity index (χ1n) is 6.57. The molecule has 2 aromatic carbocycles. The summed E-state index contributed by atoms with van der Waals surface area (Å²) in [7, 11) is 0. The average Bonchev–Trinajstić information content (AvgIpc) is 2.95. The number of H-pyrrole nitrogens is 1. The van der Waals surface area contributed by atoms with Gasteiger partial charge in [-0.25, -0.2) is 4.98 Å². The summed E-state index contributed by atoms with van der Waals surface area (Å²) in [6.07, 6.45) is 1.61. The zero-order chi connectivity index (χ0) is 14.0. The second kappa shape index (κ2) is 4.94. The second-order valence-corrected chi connectivity index (χ2v) is 4.82. The molecule has 1 aromatic heterocycles. The molecule has 0 aliphatic rings. The summed E-state index contributed by atoms with van der Waals surface area (Å²) in [5, 5.41) is 11.4. The minimum Gasteiger partial charge on any atom is -0.374 e. The van der Waals surface area contributed by atoms with Crippen LogP contribution in [0.2, 0.25) is 0 Å². The SMILES string of the molecule is Cc1[nH]cnc1C(O)(c1ccccc1)c1ccccc1. The summed E-state index contributed by atoms with van der Waals surface area (Å²) < 4.78 is 0. The first-order valence-corrected chi connectivity index (χ1v) is 6.57. The Kier molecular flexibility index (Phi) is 3.12. The molecule has 0 aliphatic heterocycles. The van der Waals surface area contributed by atoms with Crippen molar-refractivity contribution in [3.05, 3.63) is 89.5 Å². The number of hydrogen-bond acceptors (Lipinski definition) is 2. The average molecular weight is 264 g/mol. The minimum atomic E-state index is -1.24. The van der Waals surface area contributed by atoms with Crippen molar-refractivity contribution in [2.45, 2.75) is 12.5 Å². The van der Waals surface area contributed by atoms with E-state index in [-0.39, 0.29) is 0 Å². The van der Waals surface area contributed by atoms with Crippen LogP contribution in [0.1, 0.15) is 22.5 Å². The van der Waals surface area contributed by atoms with Crippen molar-refractivity contribution in [1.82, 2.24) is 9.97 Å². The molecule has 0 atom stereocenters. The van der Waals surface area contributed by atoms with E-state index in [2.05, 4.69) is 9.97 Å². The van der Waals surface area contributed by atoms with E-state index in [0.717, 1.165) is 16.8 Å². The van der Waals surface area contributed by atoms with Gasteiger partial charge in [0.05, 0.1) is 6.33 Å². The van der Waals surface area contributed by atoms with Crippen molar-refractivity contribution >= 4 is 0 Å². The predicted octanol–water partition coefficient (Wildman–Crippen LogP) is 3.00. The molecule has 0 fully saturated rings. The Morgan fingerprint density at radius 2 is 1.40 bits per heavy atom. The Balaban J connectivity index is 2.27. The van der Waals surface area contributed by atoms with Crippen LogP contribution in [0, 0.1) is 6.92 Å². The van der Waals surface area contributed by atoms with Crippen molar-refractivity contribution in [3.8, 4) is 0 Å². The fourth-order valence-corrected chi connectivity index (χ4v) is 2.52. The molecule has 3 nitrogen and oxygen atoms in total. The molecular formula is C17H16N2O. The predicted molar refractivity (Wildman–Crippen MR) is 78.3 cm³/mol. The quantitative estimate of drug-likeness (QED) is 0.764. The van der Waals surface area contributed by atoms with Gasteiger partial charge < -0.3 is 10.1 Å². The largest absolute Gasteiger partial charge is 0.374 e. The Morgan fingerprint density at radius 1 is 0.900 bits per heavy atom. The number of hydrogen-bond donors (Lipinski definition) is 2. The van der Waals surface area contributed by atoms with Gasteiger partial charge in [0.15, 0.2) is 5.60 Å². The topological polar surface area (TPSA) is 48.9 Å². The van der Waals surface area contributed by atoms with Gasteiger partial charge in [-0.15, -0.1) is 0 Å². The standard InChI is InChI=1S/C17H16N2O/c1-13-16(19-12-18-13)17(20,14-8-4-2-5-9-14)15-10-6-3-7-11-15/h2-12,20H,1H3,(H,18,19). The van der Waals surface area contributed by atoms with Gasteiger partial charge in [-0.05, 0) is 18.1 Å². The maximum absolute atomic E-state index is 11.4. The molecule has 0 unspecified atom stereocenters. The fraction of sp³-hybridized carbons (Fsp3) is 0.118. The summed E-state index contributed by atoms with van der Waals surface area (Å²) in [4.78, 5) is 7.38. The lowest BCUT2D eigenvalue weighted by atomic mass is 9.83. The summed E-state index contributed by atoms with van der Waals surface area (Å²) >= 11 is 0. The number of rotatable bonds is 3. The van der Waals surface area contributed by atoms with Crippen molar-refractivity contribution in [2.24, 2.45) is 0 Å². The number of aryl methyl sites for hydroxylation is 1. The molecule has 3 rings (SSSR count). The Morgan fingerprint density at radius 3 is 1.80 bits per heavy atom. The number of nitrogens with one attached hydrogen (secondary N) is 1. The van der Waals surface area contributed by atoms with Gasteiger partial charge in [0, 0.05) is 5.69 Å². The highest BCUT2D eigenvalue weighted by Crippen LogP contribution is 2.36. The zero-order valence-corrected chi connectivity index (χ0v) is 11.2. The van der Waals surface area contributed by atoms with Crippen LogP contribution < -0.4 is 0 Å². The molecule has 1 heterocycles. The normalized spacial score (nSPS) is 11.5. The fourth-order valence-electron chi connectivity index (χ4n) is 2.52. The highest BCUT2D eigenvalue weighted by atomic mass is 16.3. The molecular weight excluding hydrogens is 248 g/mol.